The van der Waals surface area contributed by atoms with Gasteiger partial charge in [0.15, 0.2) is 9.84 Å². The summed E-state index contributed by atoms with van der Waals surface area (Å²) in [6.07, 6.45) is 5.62. The molecule has 24 heavy (non-hydrogen) atoms. The minimum absolute atomic E-state index is 0.0113. The van der Waals surface area contributed by atoms with Crippen LogP contribution in [0.25, 0.3) is 0 Å². The minimum Gasteiger partial charge on any atom is -0.341 e. The molecule has 0 spiro atoms. The first-order chi connectivity index (χ1) is 11.5. The second-order valence-corrected chi connectivity index (χ2v) is 9.07. The normalized spacial score (nSPS) is 24.7. The van der Waals surface area contributed by atoms with E-state index in [9.17, 15) is 13.2 Å². The van der Waals surface area contributed by atoms with E-state index in [0.717, 1.165) is 39.1 Å². The molecule has 1 amide bonds. The van der Waals surface area contributed by atoms with Gasteiger partial charge in [-0.2, -0.15) is 0 Å². The largest absolute Gasteiger partial charge is 0.341 e. The molecule has 0 aliphatic carbocycles. The molecule has 3 rings (SSSR count). The Labute approximate surface area is 143 Å². The highest BCUT2D eigenvalue weighted by molar-refractivity contribution is 7.91. The summed E-state index contributed by atoms with van der Waals surface area (Å²) in [7, 11) is -2.91. The number of hydrogen-bond acceptors (Lipinski definition) is 5. The summed E-state index contributed by atoms with van der Waals surface area (Å²) >= 11 is 0. The van der Waals surface area contributed by atoms with Gasteiger partial charge in [0.05, 0.1) is 11.5 Å². The molecule has 0 N–H and O–H groups in total. The molecule has 0 saturated carbocycles. The quantitative estimate of drug-likeness (QED) is 0.807. The third kappa shape index (κ3) is 4.77. The molecule has 7 heteroatoms. The zero-order valence-electron chi connectivity index (χ0n) is 13.9. The molecule has 0 radical (unpaired) electrons. The van der Waals surface area contributed by atoms with Gasteiger partial charge in [-0.1, -0.05) is 6.07 Å². The van der Waals surface area contributed by atoms with E-state index in [4.69, 9.17) is 0 Å². The predicted molar refractivity (Wildman–Crippen MR) is 92.1 cm³/mol. The zero-order valence-corrected chi connectivity index (χ0v) is 14.7. The number of aromatic nitrogens is 1. The number of pyridine rings is 1. The standard InChI is InChI=1S/C17H25N3O3S/c21-17(11-15-4-10-24(22,23)14-15)20-7-2-6-19(8-9-20)13-16-3-1-5-18-12-16/h1,3,5,12,15H,2,4,6-11,13-14H2/t15-/m1/s1. The molecule has 0 bridgehead atoms. The summed E-state index contributed by atoms with van der Waals surface area (Å²) in [6.45, 7) is 4.16. The van der Waals surface area contributed by atoms with Gasteiger partial charge in [-0.05, 0) is 30.4 Å². The van der Waals surface area contributed by atoms with Crippen molar-refractivity contribution in [2.75, 3.05) is 37.7 Å². The number of hydrogen-bond donors (Lipinski definition) is 0. The van der Waals surface area contributed by atoms with E-state index in [-0.39, 0.29) is 23.3 Å². The maximum Gasteiger partial charge on any atom is 0.222 e. The van der Waals surface area contributed by atoms with Crippen LogP contribution in [0.5, 0.6) is 0 Å². The second kappa shape index (κ2) is 7.61. The lowest BCUT2D eigenvalue weighted by Crippen LogP contribution is -2.36. The Kier molecular flexibility index (Phi) is 5.50. The van der Waals surface area contributed by atoms with Crippen LogP contribution in [0, 0.1) is 5.92 Å². The van der Waals surface area contributed by atoms with Crippen LogP contribution in [-0.2, 0) is 21.2 Å². The lowest BCUT2D eigenvalue weighted by molar-refractivity contribution is -0.131. The molecular weight excluding hydrogens is 326 g/mol. The zero-order chi connectivity index (χ0) is 17.0. The van der Waals surface area contributed by atoms with Crippen molar-refractivity contribution < 1.29 is 13.2 Å². The van der Waals surface area contributed by atoms with Crippen molar-refractivity contribution in [3.8, 4) is 0 Å². The molecule has 1 aromatic heterocycles. The third-order valence-corrected chi connectivity index (χ3v) is 6.70. The van der Waals surface area contributed by atoms with Crippen molar-refractivity contribution in [1.29, 1.82) is 0 Å². The van der Waals surface area contributed by atoms with Crippen LogP contribution in [0.3, 0.4) is 0 Å². The fourth-order valence-corrected chi connectivity index (χ4v) is 5.40. The molecule has 2 aliphatic heterocycles. The molecule has 2 aliphatic rings. The van der Waals surface area contributed by atoms with E-state index < -0.39 is 9.84 Å². The Morgan fingerprint density at radius 3 is 2.83 bits per heavy atom. The van der Waals surface area contributed by atoms with Crippen LogP contribution in [0.4, 0.5) is 0 Å². The highest BCUT2D eigenvalue weighted by atomic mass is 32.2. The Morgan fingerprint density at radius 2 is 2.12 bits per heavy atom. The van der Waals surface area contributed by atoms with E-state index in [0.29, 0.717) is 12.8 Å². The van der Waals surface area contributed by atoms with Gasteiger partial charge >= 0.3 is 0 Å². The van der Waals surface area contributed by atoms with Crippen LogP contribution >= 0.6 is 0 Å². The van der Waals surface area contributed by atoms with E-state index >= 15 is 0 Å². The lowest BCUT2D eigenvalue weighted by atomic mass is 10.0. The van der Waals surface area contributed by atoms with Crippen LogP contribution in [0.1, 0.15) is 24.8 Å². The first kappa shape index (κ1) is 17.4. The number of amides is 1. The van der Waals surface area contributed by atoms with E-state index in [1.165, 1.54) is 5.56 Å². The van der Waals surface area contributed by atoms with Crippen molar-refractivity contribution in [2.45, 2.75) is 25.8 Å². The minimum atomic E-state index is -2.91. The van der Waals surface area contributed by atoms with Crippen molar-refractivity contribution in [3.63, 3.8) is 0 Å². The van der Waals surface area contributed by atoms with E-state index in [1.807, 2.05) is 17.2 Å². The maximum atomic E-state index is 12.5. The highest BCUT2D eigenvalue weighted by Gasteiger charge is 2.31. The summed E-state index contributed by atoms with van der Waals surface area (Å²) in [5.74, 6) is 0.543. The van der Waals surface area contributed by atoms with Crippen LogP contribution in [0.15, 0.2) is 24.5 Å². The average Bonchev–Trinajstić information content (AvgIpc) is 2.75. The van der Waals surface area contributed by atoms with Crippen LogP contribution in [0.2, 0.25) is 0 Å². The van der Waals surface area contributed by atoms with Gasteiger partial charge in [-0.25, -0.2) is 8.42 Å². The van der Waals surface area contributed by atoms with Gasteiger partial charge < -0.3 is 4.90 Å². The van der Waals surface area contributed by atoms with Gasteiger partial charge in [0.25, 0.3) is 0 Å². The molecule has 3 heterocycles. The topological polar surface area (TPSA) is 70.6 Å². The van der Waals surface area contributed by atoms with Gasteiger partial charge in [-0.3, -0.25) is 14.7 Å². The molecular formula is C17H25N3O3S. The lowest BCUT2D eigenvalue weighted by Gasteiger charge is -2.23. The molecule has 6 nitrogen and oxygen atoms in total. The van der Waals surface area contributed by atoms with Crippen molar-refractivity contribution in [1.82, 2.24) is 14.8 Å². The maximum absolute atomic E-state index is 12.5. The van der Waals surface area contributed by atoms with Crippen molar-refractivity contribution in [2.24, 2.45) is 5.92 Å². The number of sulfone groups is 1. The SMILES string of the molecule is O=C(C[C@H]1CCS(=O)(=O)C1)N1CCCN(Cc2cccnc2)CC1. The third-order valence-electron chi connectivity index (χ3n) is 4.86. The highest BCUT2D eigenvalue weighted by Crippen LogP contribution is 2.22. The Hall–Kier alpha value is -1.47. The molecule has 1 aromatic rings. The summed E-state index contributed by atoms with van der Waals surface area (Å²) in [5.41, 5.74) is 1.19. The fraction of sp³-hybridized carbons (Fsp3) is 0.647. The number of carbonyl (C=O) groups is 1. The number of carbonyl (C=O) groups excluding carboxylic acids is 1. The van der Waals surface area contributed by atoms with E-state index in [2.05, 4.69) is 16.0 Å². The van der Waals surface area contributed by atoms with Crippen LogP contribution < -0.4 is 0 Å². The van der Waals surface area contributed by atoms with Gasteiger partial charge in [0.1, 0.15) is 0 Å². The summed E-state index contributed by atoms with van der Waals surface area (Å²) in [5, 5.41) is 0. The van der Waals surface area contributed by atoms with Crippen LogP contribution in [-0.4, -0.2) is 66.8 Å². The monoisotopic (exact) mass is 351 g/mol. The molecule has 1 atom stereocenters. The number of nitrogens with zero attached hydrogens (tertiary/aromatic N) is 3. The first-order valence-electron chi connectivity index (χ1n) is 8.61. The molecule has 0 unspecified atom stereocenters. The Bertz CT molecular complexity index is 663. The van der Waals surface area contributed by atoms with Crippen molar-refractivity contribution in [3.05, 3.63) is 30.1 Å². The van der Waals surface area contributed by atoms with Crippen molar-refractivity contribution >= 4 is 15.7 Å². The van der Waals surface area contributed by atoms with Gasteiger partial charge in [0.2, 0.25) is 5.91 Å². The number of rotatable bonds is 4. The smallest absolute Gasteiger partial charge is 0.222 e. The Balaban J connectivity index is 1.49. The summed E-state index contributed by atoms with van der Waals surface area (Å²) < 4.78 is 23.1. The van der Waals surface area contributed by atoms with Gasteiger partial charge in [0, 0.05) is 51.5 Å². The summed E-state index contributed by atoms with van der Waals surface area (Å²) in [4.78, 5) is 20.9. The van der Waals surface area contributed by atoms with E-state index in [1.54, 1.807) is 6.20 Å². The Morgan fingerprint density at radius 1 is 1.25 bits per heavy atom. The first-order valence-corrected chi connectivity index (χ1v) is 10.4. The molecule has 132 valence electrons. The molecule has 0 aromatic carbocycles. The molecule has 2 saturated heterocycles. The predicted octanol–water partition coefficient (Wildman–Crippen LogP) is 0.941. The molecule has 2 fully saturated rings. The summed E-state index contributed by atoms with van der Waals surface area (Å²) in [6, 6.07) is 4.01. The average molecular weight is 351 g/mol. The fourth-order valence-electron chi connectivity index (χ4n) is 3.54. The van der Waals surface area contributed by atoms with Gasteiger partial charge in [-0.15, -0.1) is 0 Å². The second-order valence-electron chi connectivity index (χ2n) is 6.84.